The fraction of sp³-hybridized carbons (Fsp3) is 0.167. The molecule has 0 aliphatic rings. The van der Waals surface area contributed by atoms with E-state index in [2.05, 4.69) is 26.6 Å². The van der Waals surface area contributed by atoms with Crippen molar-refractivity contribution in [3.05, 3.63) is 52.5 Å². The number of hydrogen-bond donors (Lipinski definition) is 2. The van der Waals surface area contributed by atoms with Crippen molar-refractivity contribution < 1.29 is 14.3 Å². The van der Waals surface area contributed by atoms with Crippen molar-refractivity contribution in [2.45, 2.75) is 6.92 Å². The second-order valence-electron chi connectivity index (χ2n) is 5.38. The van der Waals surface area contributed by atoms with Crippen LogP contribution in [0.4, 0.5) is 11.4 Å². The zero-order valence-electron chi connectivity index (χ0n) is 14.5. The van der Waals surface area contributed by atoms with Crippen LogP contribution in [0.15, 0.2) is 46.9 Å². The molecule has 2 amide bonds. The Morgan fingerprint density at radius 2 is 1.81 bits per heavy atom. The number of rotatable bonds is 4. The van der Waals surface area contributed by atoms with E-state index in [-0.39, 0.29) is 16.9 Å². The Morgan fingerprint density at radius 3 is 2.38 bits per heavy atom. The van der Waals surface area contributed by atoms with E-state index >= 15 is 0 Å². The molecule has 0 saturated carbocycles. The van der Waals surface area contributed by atoms with Gasteiger partial charge in [-0.1, -0.05) is 15.9 Å². The van der Waals surface area contributed by atoms with Crippen molar-refractivity contribution in [2.24, 2.45) is 0 Å². The predicted molar refractivity (Wildman–Crippen MR) is 110 cm³/mol. The van der Waals surface area contributed by atoms with Gasteiger partial charge in [0.2, 0.25) is 5.91 Å². The minimum atomic E-state index is -0.381. The number of halogens is 1. The second-order valence-corrected chi connectivity index (χ2v) is 6.70. The summed E-state index contributed by atoms with van der Waals surface area (Å²) in [5.41, 5.74) is 1.82. The van der Waals surface area contributed by atoms with Crippen LogP contribution in [0.5, 0.6) is 5.75 Å². The summed E-state index contributed by atoms with van der Waals surface area (Å²) in [6, 6.07) is 12.2. The molecule has 0 aromatic heterocycles. The third kappa shape index (κ3) is 5.03. The molecule has 0 saturated heterocycles. The summed E-state index contributed by atoms with van der Waals surface area (Å²) in [5.74, 6) is 0.00942. The molecule has 0 heterocycles. The Bertz CT molecular complexity index is 840. The van der Waals surface area contributed by atoms with E-state index in [1.807, 2.05) is 0 Å². The molecular weight excluding hydrogens is 418 g/mol. The Balaban J connectivity index is 2.03. The number of nitrogens with zero attached hydrogens (tertiary/aromatic N) is 1. The zero-order valence-corrected chi connectivity index (χ0v) is 16.9. The van der Waals surface area contributed by atoms with Crippen molar-refractivity contribution in [3.63, 3.8) is 0 Å². The van der Waals surface area contributed by atoms with Crippen LogP contribution in [0.1, 0.15) is 17.3 Å². The van der Waals surface area contributed by atoms with Crippen molar-refractivity contribution in [3.8, 4) is 5.75 Å². The summed E-state index contributed by atoms with van der Waals surface area (Å²) in [4.78, 5) is 25.3. The largest absolute Gasteiger partial charge is 0.496 e. The van der Waals surface area contributed by atoms with Gasteiger partial charge in [0.15, 0.2) is 5.11 Å². The number of amides is 2. The third-order valence-corrected chi connectivity index (χ3v) is 4.32. The lowest BCUT2D eigenvalue weighted by atomic mass is 10.2. The SMILES string of the molecule is COc1ccc(Br)cc1C(=O)NC(=S)Nc1ccc(N(C)C(C)=O)cc1. The predicted octanol–water partition coefficient (Wildman–Crippen LogP) is 3.57. The van der Waals surface area contributed by atoms with Crippen LogP contribution in [0.3, 0.4) is 0 Å². The lowest BCUT2D eigenvalue weighted by molar-refractivity contribution is -0.116. The minimum absolute atomic E-state index is 0.0588. The molecule has 8 heteroatoms. The summed E-state index contributed by atoms with van der Waals surface area (Å²) in [6.45, 7) is 1.49. The molecule has 0 unspecified atom stereocenters. The maximum Gasteiger partial charge on any atom is 0.261 e. The Morgan fingerprint density at radius 1 is 1.15 bits per heavy atom. The number of carbonyl (C=O) groups is 2. The normalized spacial score (nSPS) is 10.0. The number of carbonyl (C=O) groups excluding carboxylic acids is 2. The molecule has 0 atom stereocenters. The van der Waals surface area contributed by atoms with E-state index in [0.29, 0.717) is 17.0 Å². The number of hydrogen-bond acceptors (Lipinski definition) is 4. The molecule has 0 aliphatic carbocycles. The molecule has 26 heavy (non-hydrogen) atoms. The molecule has 2 aromatic rings. The quantitative estimate of drug-likeness (QED) is 0.718. The first-order valence-electron chi connectivity index (χ1n) is 7.62. The first-order valence-corrected chi connectivity index (χ1v) is 8.82. The van der Waals surface area contributed by atoms with Crippen molar-refractivity contribution in [1.82, 2.24) is 5.32 Å². The zero-order chi connectivity index (χ0) is 19.3. The molecule has 2 aromatic carbocycles. The summed E-state index contributed by atoms with van der Waals surface area (Å²) in [6.07, 6.45) is 0. The lowest BCUT2D eigenvalue weighted by Crippen LogP contribution is -2.34. The van der Waals surface area contributed by atoms with E-state index in [0.717, 1.165) is 10.2 Å². The van der Waals surface area contributed by atoms with Crippen LogP contribution in [-0.4, -0.2) is 31.1 Å². The average Bonchev–Trinajstić information content (AvgIpc) is 2.61. The van der Waals surface area contributed by atoms with Crippen molar-refractivity contribution >= 4 is 56.4 Å². The van der Waals surface area contributed by atoms with Gasteiger partial charge in [-0.15, -0.1) is 0 Å². The number of methoxy groups -OCH3 is 1. The molecule has 0 bridgehead atoms. The van der Waals surface area contributed by atoms with Gasteiger partial charge < -0.3 is 15.0 Å². The highest BCUT2D eigenvalue weighted by molar-refractivity contribution is 9.10. The minimum Gasteiger partial charge on any atom is -0.496 e. The summed E-state index contributed by atoms with van der Waals surface area (Å²) >= 11 is 8.52. The lowest BCUT2D eigenvalue weighted by Gasteiger charge is -2.16. The first kappa shape index (κ1) is 19.9. The van der Waals surface area contributed by atoms with E-state index < -0.39 is 0 Å². The van der Waals surface area contributed by atoms with Gasteiger partial charge in [0.05, 0.1) is 12.7 Å². The second kappa shape index (κ2) is 8.77. The number of ether oxygens (including phenoxy) is 1. The van der Waals surface area contributed by atoms with Crippen LogP contribution < -0.4 is 20.3 Å². The Labute approximate surface area is 165 Å². The van der Waals surface area contributed by atoms with Gasteiger partial charge in [0.25, 0.3) is 5.91 Å². The third-order valence-electron chi connectivity index (χ3n) is 3.62. The van der Waals surface area contributed by atoms with E-state index in [9.17, 15) is 9.59 Å². The van der Waals surface area contributed by atoms with Gasteiger partial charge in [-0.25, -0.2) is 0 Å². The number of thiocarbonyl (C=S) groups is 1. The molecule has 136 valence electrons. The van der Waals surface area contributed by atoms with E-state index in [1.165, 1.54) is 18.9 Å². The fourth-order valence-corrected chi connectivity index (χ4v) is 2.71. The maximum atomic E-state index is 12.4. The van der Waals surface area contributed by atoms with Crippen molar-refractivity contribution in [1.29, 1.82) is 0 Å². The van der Waals surface area contributed by atoms with Crippen LogP contribution >= 0.6 is 28.1 Å². The number of anilines is 2. The highest BCUT2D eigenvalue weighted by Gasteiger charge is 2.14. The van der Waals surface area contributed by atoms with Gasteiger partial charge >= 0.3 is 0 Å². The summed E-state index contributed by atoms with van der Waals surface area (Å²) in [7, 11) is 3.19. The first-order chi connectivity index (χ1) is 12.3. The van der Waals surface area contributed by atoms with Crippen LogP contribution in [-0.2, 0) is 4.79 Å². The highest BCUT2D eigenvalue weighted by Crippen LogP contribution is 2.23. The molecule has 6 nitrogen and oxygen atoms in total. The molecule has 2 N–H and O–H groups in total. The van der Waals surface area contributed by atoms with Crippen molar-refractivity contribution in [2.75, 3.05) is 24.4 Å². The standard InChI is InChI=1S/C18H18BrN3O3S/c1-11(23)22(2)14-7-5-13(6-8-14)20-18(26)21-17(24)15-10-12(19)4-9-16(15)25-3/h4-10H,1-3H3,(H2,20,21,24,26). The molecule has 0 spiro atoms. The Hall–Kier alpha value is -2.45. The topological polar surface area (TPSA) is 70.7 Å². The van der Waals surface area contributed by atoms with Gasteiger partial charge in [0, 0.05) is 29.8 Å². The van der Waals surface area contributed by atoms with Gasteiger partial charge in [-0.05, 0) is 54.7 Å². The fourth-order valence-electron chi connectivity index (χ4n) is 2.14. The van der Waals surface area contributed by atoms with E-state index in [4.69, 9.17) is 17.0 Å². The molecule has 0 aliphatic heterocycles. The van der Waals surface area contributed by atoms with Gasteiger partial charge in [-0.3, -0.25) is 14.9 Å². The number of benzene rings is 2. The summed E-state index contributed by atoms with van der Waals surface area (Å²) < 4.78 is 5.96. The van der Waals surface area contributed by atoms with Crippen LogP contribution in [0.2, 0.25) is 0 Å². The monoisotopic (exact) mass is 435 g/mol. The summed E-state index contributed by atoms with van der Waals surface area (Å²) in [5, 5.41) is 5.71. The van der Waals surface area contributed by atoms with E-state index in [1.54, 1.807) is 49.5 Å². The average molecular weight is 436 g/mol. The Kier molecular flexibility index (Phi) is 6.70. The maximum absolute atomic E-state index is 12.4. The van der Waals surface area contributed by atoms with Crippen LogP contribution in [0, 0.1) is 0 Å². The van der Waals surface area contributed by atoms with Crippen LogP contribution in [0.25, 0.3) is 0 Å². The smallest absolute Gasteiger partial charge is 0.261 e. The molecule has 2 rings (SSSR count). The highest BCUT2D eigenvalue weighted by atomic mass is 79.9. The van der Waals surface area contributed by atoms with Gasteiger partial charge in [0.1, 0.15) is 5.75 Å². The van der Waals surface area contributed by atoms with Gasteiger partial charge in [-0.2, -0.15) is 0 Å². The number of nitrogens with one attached hydrogen (secondary N) is 2. The molecular formula is C18H18BrN3O3S. The molecule has 0 radical (unpaired) electrons. The molecule has 0 fully saturated rings.